The molecule has 1 saturated carbocycles. The van der Waals surface area contributed by atoms with E-state index in [4.69, 9.17) is 10.5 Å². The SMILES string of the molecule is CC(C)Oc1cc(N(C)CC2CC2C)ccc1N. The zero-order valence-electron chi connectivity index (χ0n) is 11.8. The van der Waals surface area contributed by atoms with Gasteiger partial charge in [-0.05, 0) is 44.2 Å². The molecule has 2 atom stereocenters. The van der Waals surface area contributed by atoms with Crippen molar-refractivity contribution in [1.29, 1.82) is 0 Å². The molecule has 100 valence electrons. The number of nitrogen functional groups attached to an aromatic ring is 1. The van der Waals surface area contributed by atoms with Crippen molar-refractivity contribution in [2.24, 2.45) is 11.8 Å². The third kappa shape index (κ3) is 3.09. The zero-order chi connectivity index (χ0) is 13.3. The van der Waals surface area contributed by atoms with Gasteiger partial charge in [-0.3, -0.25) is 0 Å². The lowest BCUT2D eigenvalue weighted by Gasteiger charge is -2.21. The second kappa shape index (κ2) is 5.09. The molecule has 3 nitrogen and oxygen atoms in total. The van der Waals surface area contributed by atoms with E-state index in [1.807, 2.05) is 26.0 Å². The average Bonchev–Trinajstić information content (AvgIpc) is 2.96. The van der Waals surface area contributed by atoms with E-state index in [0.29, 0.717) is 5.69 Å². The van der Waals surface area contributed by atoms with Gasteiger partial charge in [0.05, 0.1) is 11.8 Å². The fourth-order valence-electron chi connectivity index (χ4n) is 2.23. The molecule has 0 saturated heterocycles. The Bertz CT molecular complexity index is 417. The number of hydrogen-bond donors (Lipinski definition) is 1. The highest BCUT2D eigenvalue weighted by Crippen LogP contribution is 2.39. The minimum atomic E-state index is 0.149. The van der Waals surface area contributed by atoms with Crippen molar-refractivity contribution in [2.45, 2.75) is 33.3 Å². The lowest BCUT2D eigenvalue weighted by atomic mass is 10.2. The topological polar surface area (TPSA) is 38.5 Å². The van der Waals surface area contributed by atoms with Gasteiger partial charge >= 0.3 is 0 Å². The van der Waals surface area contributed by atoms with Crippen LogP contribution >= 0.6 is 0 Å². The summed E-state index contributed by atoms with van der Waals surface area (Å²) in [6.07, 6.45) is 1.51. The van der Waals surface area contributed by atoms with E-state index in [1.54, 1.807) is 0 Å². The Labute approximate surface area is 110 Å². The van der Waals surface area contributed by atoms with E-state index >= 15 is 0 Å². The van der Waals surface area contributed by atoms with Crippen molar-refractivity contribution in [1.82, 2.24) is 0 Å². The van der Waals surface area contributed by atoms with E-state index in [2.05, 4.69) is 24.9 Å². The average molecular weight is 248 g/mol. The molecule has 1 aliphatic carbocycles. The molecule has 0 bridgehead atoms. The van der Waals surface area contributed by atoms with Gasteiger partial charge in [0.2, 0.25) is 0 Å². The van der Waals surface area contributed by atoms with Crippen LogP contribution in [-0.4, -0.2) is 19.7 Å². The number of rotatable bonds is 5. The van der Waals surface area contributed by atoms with E-state index in [9.17, 15) is 0 Å². The van der Waals surface area contributed by atoms with Crippen LogP contribution in [-0.2, 0) is 0 Å². The van der Waals surface area contributed by atoms with Gasteiger partial charge in [0.15, 0.2) is 0 Å². The summed E-state index contributed by atoms with van der Waals surface area (Å²) in [7, 11) is 2.13. The summed E-state index contributed by atoms with van der Waals surface area (Å²) in [5.41, 5.74) is 7.82. The molecule has 0 radical (unpaired) electrons. The number of anilines is 2. The summed E-state index contributed by atoms with van der Waals surface area (Å²) < 4.78 is 5.73. The van der Waals surface area contributed by atoms with E-state index in [-0.39, 0.29) is 6.10 Å². The summed E-state index contributed by atoms with van der Waals surface area (Å²) in [4.78, 5) is 2.29. The molecule has 0 heterocycles. The van der Waals surface area contributed by atoms with E-state index in [1.165, 1.54) is 12.1 Å². The van der Waals surface area contributed by atoms with E-state index in [0.717, 1.165) is 24.1 Å². The number of nitrogens with two attached hydrogens (primary N) is 1. The monoisotopic (exact) mass is 248 g/mol. The molecule has 2 N–H and O–H groups in total. The first-order valence-electron chi connectivity index (χ1n) is 6.74. The smallest absolute Gasteiger partial charge is 0.144 e. The Morgan fingerprint density at radius 1 is 1.44 bits per heavy atom. The van der Waals surface area contributed by atoms with Crippen molar-refractivity contribution >= 4 is 11.4 Å². The van der Waals surface area contributed by atoms with Gasteiger partial charge < -0.3 is 15.4 Å². The van der Waals surface area contributed by atoms with Gasteiger partial charge in [-0.2, -0.15) is 0 Å². The van der Waals surface area contributed by atoms with Crippen molar-refractivity contribution < 1.29 is 4.74 Å². The largest absolute Gasteiger partial charge is 0.489 e. The van der Waals surface area contributed by atoms with Crippen molar-refractivity contribution in [3.8, 4) is 5.75 Å². The summed E-state index contributed by atoms with van der Waals surface area (Å²) in [6.45, 7) is 7.46. The van der Waals surface area contributed by atoms with Gasteiger partial charge in [-0.1, -0.05) is 6.92 Å². The highest BCUT2D eigenvalue weighted by atomic mass is 16.5. The van der Waals surface area contributed by atoms with Gasteiger partial charge in [0.1, 0.15) is 5.75 Å². The Balaban J connectivity index is 2.07. The maximum atomic E-state index is 5.93. The molecule has 2 rings (SSSR count). The maximum Gasteiger partial charge on any atom is 0.144 e. The van der Waals surface area contributed by atoms with Gasteiger partial charge in [0, 0.05) is 25.3 Å². The first-order valence-corrected chi connectivity index (χ1v) is 6.74. The first kappa shape index (κ1) is 13.1. The Hall–Kier alpha value is -1.38. The highest BCUT2D eigenvalue weighted by molar-refractivity contribution is 5.62. The normalized spacial score (nSPS) is 22.1. The third-order valence-corrected chi connectivity index (χ3v) is 3.59. The molecule has 1 fully saturated rings. The second-order valence-corrected chi connectivity index (χ2v) is 5.74. The van der Waals surface area contributed by atoms with Gasteiger partial charge in [-0.15, -0.1) is 0 Å². The van der Waals surface area contributed by atoms with Crippen LogP contribution in [0.3, 0.4) is 0 Å². The van der Waals surface area contributed by atoms with Crippen LogP contribution in [0, 0.1) is 11.8 Å². The molecule has 1 aromatic carbocycles. The lowest BCUT2D eigenvalue weighted by molar-refractivity contribution is 0.244. The number of hydrogen-bond acceptors (Lipinski definition) is 3. The Kier molecular flexibility index (Phi) is 3.69. The maximum absolute atomic E-state index is 5.93. The zero-order valence-corrected chi connectivity index (χ0v) is 11.8. The molecule has 0 spiro atoms. The van der Waals surface area contributed by atoms with Crippen LogP contribution in [0.15, 0.2) is 18.2 Å². The van der Waals surface area contributed by atoms with Crippen LogP contribution in [0.1, 0.15) is 27.2 Å². The highest BCUT2D eigenvalue weighted by Gasteiger charge is 2.33. The minimum Gasteiger partial charge on any atom is -0.489 e. The van der Waals surface area contributed by atoms with E-state index < -0.39 is 0 Å². The molecular formula is C15H24N2O. The Morgan fingerprint density at radius 2 is 2.11 bits per heavy atom. The standard InChI is InChI=1S/C15H24N2O/c1-10(2)18-15-8-13(5-6-14(15)16)17(4)9-12-7-11(12)3/h5-6,8,10-12H,7,9,16H2,1-4H3. The number of nitrogens with zero attached hydrogens (tertiary/aromatic N) is 1. The molecule has 0 aromatic heterocycles. The molecule has 3 heteroatoms. The van der Waals surface area contributed by atoms with Crippen molar-refractivity contribution in [2.75, 3.05) is 24.2 Å². The predicted octanol–water partition coefficient (Wildman–Crippen LogP) is 3.15. The summed E-state index contributed by atoms with van der Waals surface area (Å²) in [6, 6.07) is 6.04. The van der Waals surface area contributed by atoms with Crippen molar-refractivity contribution in [3.63, 3.8) is 0 Å². The van der Waals surface area contributed by atoms with Crippen LogP contribution in [0.4, 0.5) is 11.4 Å². The predicted molar refractivity (Wildman–Crippen MR) is 77.2 cm³/mol. The third-order valence-electron chi connectivity index (χ3n) is 3.59. The van der Waals surface area contributed by atoms with Gasteiger partial charge in [-0.25, -0.2) is 0 Å². The quantitative estimate of drug-likeness (QED) is 0.814. The molecule has 1 aliphatic rings. The number of ether oxygens (including phenoxy) is 1. The summed E-state index contributed by atoms with van der Waals surface area (Å²) in [5.74, 6) is 2.52. The van der Waals surface area contributed by atoms with Crippen LogP contribution in [0.2, 0.25) is 0 Å². The van der Waals surface area contributed by atoms with Crippen LogP contribution < -0.4 is 15.4 Å². The van der Waals surface area contributed by atoms with Crippen LogP contribution in [0.25, 0.3) is 0 Å². The lowest BCUT2D eigenvalue weighted by Crippen LogP contribution is -2.20. The molecule has 0 aliphatic heterocycles. The molecular weight excluding hydrogens is 224 g/mol. The molecule has 0 amide bonds. The van der Waals surface area contributed by atoms with Crippen molar-refractivity contribution in [3.05, 3.63) is 18.2 Å². The molecule has 2 unspecified atom stereocenters. The fraction of sp³-hybridized carbons (Fsp3) is 0.600. The molecule has 1 aromatic rings. The van der Waals surface area contributed by atoms with Crippen LogP contribution in [0.5, 0.6) is 5.75 Å². The minimum absolute atomic E-state index is 0.149. The number of benzene rings is 1. The fourth-order valence-corrected chi connectivity index (χ4v) is 2.23. The first-order chi connectivity index (χ1) is 8.47. The second-order valence-electron chi connectivity index (χ2n) is 5.74. The Morgan fingerprint density at radius 3 is 2.67 bits per heavy atom. The van der Waals surface area contributed by atoms with Gasteiger partial charge in [0.25, 0.3) is 0 Å². The summed E-state index contributed by atoms with van der Waals surface area (Å²) >= 11 is 0. The summed E-state index contributed by atoms with van der Waals surface area (Å²) in [5, 5.41) is 0. The molecule has 18 heavy (non-hydrogen) atoms.